The summed E-state index contributed by atoms with van der Waals surface area (Å²) in [7, 11) is 1.60. The fourth-order valence-electron chi connectivity index (χ4n) is 3.66. The second kappa shape index (κ2) is 8.93. The molecule has 0 saturated heterocycles. The molecule has 0 spiro atoms. The van der Waals surface area contributed by atoms with Gasteiger partial charge >= 0.3 is 0 Å². The number of benzene rings is 3. The number of carbonyl (C=O) groups excluding carboxylic acids is 2. The standard InChI is InChI=1S/C25H22FN3O3/c1-32-19-9-4-15(5-10-19)24-20(21-14-17(26)6-12-22(21)29-24)11-13-23(30)28-18-7-2-16(3-8-18)25(27)31/h2-10,12,14,29H,11,13H2,1H3,(H2,27,31)(H,28,30). The van der Waals surface area contributed by atoms with Gasteiger partial charge in [-0.05, 0) is 84.3 Å². The molecule has 2 amide bonds. The summed E-state index contributed by atoms with van der Waals surface area (Å²) in [5.41, 5.74) is 9.60. The van der Waals surface area contributed by atoms with Gasteiger partial charge in [-0.25, -0.2) is 4.39 Å². The number of aryl methyl sites for hydroxylation is 1. The SMILES string of the molecule is COc1ccc(-c2[nH]c3ccc(F)cc3c2CCC(=O)Nc2ccc(C(N)=O)cc2)cc1. The Labute approximate surface area is 184 Å². The van der Waals surface area contributed by atoms with Crippen LogP contribution < -0.4 is 15.8 Å². The number of hydrogen-bond donors (Lipinski definition) is 3. The Kier molecular flexibility index (Phi) is 5.89. The summed E-state index contributed by atoms with van der Waals surface area (Å²) in [5, 5.41) is 3.56. The van der Waals surface area contributed by atoms with Gasteiger partial charge in [-0.2, -0.15) is 0 Å². The van der Waals surface area contributed by atoms with Crippen LogP contribution in [0.3, 0.4) is 0 Å². The van der Waals surface area contributed by atoms with E-state index in [1.54, 1.807) is 37.4 Å². The average molecular weight is 431 g/mol. The second-order valence-electron chi connectivity index (χ2n) is 7.39. The van der Waals surface area contributed by atoms with Crippen molar-refractivity contribution >= 4 is 28.4 Å². The molecular formula is C25H22FN3O3. The third-order valence-electron chi connectivity index (χ3n) is 5.30. The van der Waals surface area contributed by atoms with Crippen molar-refractivity contribution in [3.8, 4) is 17.0 Å². The maximum Gasteiger partial charge on any atom is 0.248 e. The van der Waals surface area contributed by atoms with Gasteiger partial charge in [0.2, 0.25) is 11.8 Å². The maximum atomic E-state index is 14.0. The number of H-pyrrole nitrogens is 1. The zero-order valence-electron chi connectivity index (χ0n) is 17.4. The number of hydrogen-bond acceptors (Lipinski definition) is 3. The van der Waals surface area contributed by atoms with Gasteiger partial charge in [0.1, 0.15) is 11.6 Å². The number of ether oxygens (including phenoxy) is 1. The van der Waals surface area contributed by atoms with E-state index in [-0.39, 0.29) is 18.1 Å². The summed E-state index contributed by atoms with van der Waals surface area (Å²) < 4.78 is 19.2. The van der Waals surface area contributed by atoms with Crippen molar-refractivity contribution in [2.75, 3.05) is 12.4 Å². The Bertz CT molecular complexity index is 1280. The largest absolute Gasteiger partial charge is 0.497 e. The van der Waals surface area contributed by atoms with Gasteiger partial charge in [0.25, 0.3) is 0 Å². The third-order valence-corrected chi connectivity index (χ3v) is 5.30. The molecule has 0 fully saturated rings. The molecule has 0 bridgehead atoms. The Balaban J connectivity index is 1.57. The predicted molar refractivity (Wildman–Crippen MR) is 122 cm³/mol. The van der Waals surface area contributed by atoms with Gasteiger partial charge in [-0.1, -0.05) is 0 Å². The molecule has 0 aliphatic carbocycles. The van der Waals surface area contributed by atoms with Crippen LogP contribution in [0.1, 0.15) is 22.3 Å². The number of aromatic nitrogens is 1. The fourth-order valence-corrected chi connectivity index (χ4v) is 3.66. The van der Waals surface area contributed by atoms with Crippen LogP contribution in [0.25, 0.3) is 22.2 Å². The number of primary amides is 1. The highest BCUT2D eigenvalue weighted by Gasteiger charge is 2.16. The monoisotopic (exact) mass is 431 g/mol. The first-order valence-corrected chi connectivity index (χ1v) is 10.1. The highest BCUT2D eigenvalue weighted by atomic mass is 19.1. The van der Waals surface area contributed by atoms with E-state index >= 15 is 0 Å². The summed E-state index contributed by atoms with van der Waals surface area (Å²) in [4.78, 5) is 27.1. The molecule has 3 aromatic carbocycles. The first-order valence-electron chi connectivity index (χ1n) is 10.1. The van der Waals surface area contributed by atoms with Crippen LogP contribution in [-0.4, -0.2) is 23.9 Å². The van der Waals surface area contributed by atoms with Crippen molar-refractivity contribution in [3.05, 3.63) is 83.7 Å². The van der Waals surface area contributed by atoms with E-state index in [4.69, 9.17) is 10.5 Å². The number of methoxy groups -OCH3 is 1. The summed E-state index contributed by atoms with van der Waals surface area (Å²) in [6.45, 7) is 0. The van der Waals surface area contributed by atoms with E-state index in [1.165, 1.54) is 12.1 Å². The number of aromatic amines is 1. The molecule has 0 radical (unpaired) electrons. The van der Waals surface area contributed by atoms with E-state index in [0.29, 0.717) is 17.7 Å². The summed E-state index contributed by atoms with van der Waals surface area (Å²) in [6.07, 6.45) is 0.611. The van der Waals surface area contributed by atoms with Gasteiger partial charge in [-0.15, -0.1) is 0 Å². The zero-order chi connectivity index (χ0) is 22.7. The van der Waals surface area contributed by atoms with E-state index in [0.717, 1.165) is 33.5 Å². The highest BCUT2D eigenvalue weighted by molar-refractivity contribution is 5.95. The molecule has 4 aromatic rings. The molecule has 1 heterocycles. The number of halogens is 1. The highest BCUT2D eigenvalue weighted by Crippen LogP contribution is 2.32. The van der Waals surface area contributed by atoms with E-state index in [1.807, 2.05) is 24.3 Å². The molecule has 162 valence electrons. The number of carbonyl (C=O) groups is 2. The summed E-state index contributed by atoms with van der Waals surface area (Å²) in [6, 6.07) is 18.5. The lowest BCUT2D eigenvalue weighted by atomic mass is 10.0. The van der Waals surface area contributed by atoms with Gasteiger partial charge in [0.15, 0.2) is 0 Å². The van der Waals surface area contributed by atoms with Crippen molar-refractivity contribution in [1.29, 1.82) is 0 Å². The lowest BCUT2D eigenvalue weighted by molar-refractivity contribution is -0.116. The molecule has 0 unspecified atom stereocenters. The minimum Gasteiger partial charge on any atom is -0.497 e. The Morgan fingerprint density at radius 2 is 1.75 bits per heavy atom. The van der Waals surface area contributed by atoms with Crippen LogP contribution in [0.15, 0.2) is 66.7 Å². The van der Waals surface area contributed by atoms with Crippen molar-refractivity contribution in [2.45, 2.75) is 12.8 Å². The quantitative estimate of drug-likeness (QED) is 0.397. The normalized spacial score (nSPS) is 10.8. The summed E-state index contributed by atoms with van der Waals surface area (Å²) in [5.74, 6) is -0.319. The van der Waals surface area contributed by atoms with Crippen LogP contribution in [0, 0.1) is 5.82 Å². The van der Waals surface area contributed by atoms with Crippen LogP contribution in [-0.2, 0) is 11.2 Å². The minimum atomic E-state index is -0.527. The smallest absolute Gasteiger partial charge is 0.248 e. The molecule has 1 aromatic heterocycles. The average Bonchev–Trinajstić information content (AvgIpc) is 3.15. The molecule has 0 aliphatic rings. The van der Waals surface area contributed by atoms with Crippen LogP contribution >= 0.6 is 0 Å². The molecule has 4 N–H and O–H groups in total. The molecule has 0 atom stereocenters. The number of nitrogens with one attached hydrogen (secondary N) is 2. The lowest BCUT2D eigenvalue weighted by Gasteiger charge is -2.08. The maximum absolute atomic E-state index is 14.0. The lowest BCUT2D eigenvalue weighted by Crippen LogP contribution is -2.13. The molecule has 4 rings (SSSR count). The van der Waals surface area contributed by atoms with Crippen molar-refractivity contribution in [2.24, 2.45) is 5.73 Å². The van der Waals surface area contributed by atoms with Crippen molar-refractivity contribution < 1.29 is 18.7 Å². The minimum absolute atomic E-state index is 0.191. The topological polar surface area (TPSA) is 97.2 Å². The first kappa shape index (κ1) is 21.1. The van der Waals surface area contributed by atoms with Gasteiger partial charge in [0, 0.05) is 34.3 Å². The number of amides is 2. The first-order chi connectivity index (χ1) is 15.4. The summed E-state index contributed by atoms with van der Waals surface area (Å²) >= 11 is 0. The zero-order valence-corrected chi connectivity index (χ0v) is 17.4. The third kappa shape index (κ3) is 4.46. The van der Waals surface area contributed by atoms with Crippen LogP contribution in [0.4, 0.5) is 10.1 Å². The molecule has 0 saturated carbocycles. The van der Waals surface area contributed by atoms with Gasteiger partial charge in [-0.3, -0.25) is 9.59 Å². The van der Waals surface area contributed by atoms with Crippen molar-refractivity contribution in [1.82, 2.24) is 4.98 Å². The molecule has 6 nitrogen and oxygen atoms in total. The van der Waals surface area contributed by atoms with Gasteiger partial charge in [0.05, 0.1) is 7.11 Å². The Morgan fingerprint density at radius 3 is 2.41 bits per heavy atom. The van der Waals surface area contributed by atoms with E-state index < -0.39 is 5.91 Å². The number of anilines is 1. The fraction of sp³-hybridized carbons (Fsp3) is 0.120. The Morgan fingerprint density at radius 1 is 1.03 bits per heavy atom. The van der Waals surface area contributed by atoms with Crippen LogP contribution in [0.2, 0.25) is 0 Å². The number of fused-ring (bicyclic) bond motifs is 1. The van der Waals surface area contributed by atoms with Crippen LogP contribution in [0.5, 0.6) is 5.75 Å². The molecule has 32 heavy (non-hydrogen) atoms. The molecule has 0 aliphatic heterocycles. The van der Waals surface area contributed by atoms with Gasteiger partial charge < -0.3 is 20.8 Å². The van der Waals surface area contributed by atoms with E-state index in [2.05, 4.69) is 10.3 Å². The number of nitrogens with two attached hydrogens (primary N) is 1. The van der Waals surface area contributed by atoms with E-state index in [9.17, 15) is 14.0 Å². The Hall–Kier alpha value is -4.13. The second-order valence-corrected chi connectivity index (χ2v) is 7.39. The number of rotatable bonds is 7. The molecule has 7 heteroatoms. The van der Waals surface area contributed by atoms with Crippen molar-refractivity contribution in [3.63, 3.8) is 0 Å². The predicted octanol–water partition coefficient (Wildman–Crippen LogP) is 4.65. The molecular weight excluding hydrogens is 409 g/mol.